The highest BCUT2D eigenvalue weighted by atomic mass is 35.5. The van der Waals surface area contributed by atoms with Crippen molar-refractivity contribution in [3.63, 3.8) is 0 Å². The van der Waals surface area contributed by atoms with E-state index in [0.29, 0.717) is 18.8 Å². The molecule has 0 radical (unpaired) electrons. The Labute approximate surface area is 109 Å². The first-order valence-corrected chi connectivity index (χ1v) is 5.79. The van der Waals surface area contributed by atoms with Crippen LogP contribution in [0.1, 0.15) is 18.9 Å². The maximum absolute atomic E-state index is 12.4. The van der Waals surface area contributed by atoms with Crippen LogP contribution in [-0.2, 0) is 6.18 Å². The maximum Gasteiger partial charge on any atom is 0.417 e. The zero-order valence-electron chi connectivity index (χ0n) is 10.1. The summed E-state index contributed by atoms with van der Waals surface area (Å²) in [6.07, 6.45) is -2.95. The standard InChI is InChI=1S/C11H15ClF3N3/c1-7(16)3-4-18(2)10-9(12)5-8(6-17-10)11(13,14)15/h5-7H,3-4,16H2,1-2H3. The van der Waals surface area contributed by atoms with E-state index in [4.69, 9.17) is 17.3 Å². The second-order valence-corrected chi connectivity index (χ2v) is 4.62. The van der Waals surface area contributed by atoms with Crippen molar-refractivity contribution in [3.8, 4) is 0 Å². The molecule has 0 aromatic carbocycles. The van der Waals surface area contributed by atoms with Gasteiger partial charge >= 0.3 is 6.18 Å². The predicted molar refractivity (Wildman–Crippen MR) is 65.8 cm³/mol. The van der Waals surface area contributed by atoms with Gasteiger partial charge in [-0.1, -0.05) is 11.6 Å². The number of rotatable bonds is 4. The molecule has 1 rings (SSSR count). The topological polar surface area (TPSA) is 42.1 Å². The summed E-state index contributed by atoms with van der Waals surface area (Å²) in [4.78, 5) is 5.44. The van der Waals surface area contributed by atoms with Crippen molar-refractivity contribution in [3.05, 3.63) is 22.8 Å². The van der Waals surface area contributed by atoms with Gasteiger partial charge in [0, 0.05) is 25.8 Å². The normalized spacial score (nSPS) is 13.5. The fraction of sp³-hybridized carbons (Fsp3) is 0.545. The molecule has 2 N–H and O–H groups in total. The number of nitrogens with zero attached hydrogens (tertiary/aromatic N) is 2. The number of halogens is 4. The molecule has 0 amide bonds. The largest absolute Gasteiger partial charge is 0.417 e. The minimum Gasteiger partial charge on any atom is -0.358 e. The highest BCUT2D eigenvalue weighted by molar-refractivity contribution is 6.33. The summed E-state index contributed by atoms with van der Waals surface area (Å²) in [6, 6.07) is 0.896. The molecule has 1 aromatic heterocycles. The van der Waals surface area contributed by atoms with Gasteiger partial charge in [-0.15, -0.1) is 0 Å². The summed E-state index contributed by atoms with van der Waals surface area (Å²) in [7, 11) is 1.71. The molecule has 0 spiro atoms. The lowest BCUT2D eigenvalue weighted by atomic mass is 10.2. The van der Waals surface area contributed by atoms with Gasteiger partial charge < -0.3 is 10.6 Å². The van der Waals surface area contributed by atoms with Gasteiger partial charge in [0.05, 0.1) is 10.6 Å². The van der Waals surface area contributed by atoms with Gasteiger partial charge in [0.25, 0.3) is 0 Å². The molecular weight excluding hydrogens is 267 g/mol. The summed E-state index contributed by atoms with van der Waals surface area (Å²) in [5.41, 5.74) is 4.76. The molecule has 1 unspecified atom stereocenters. The van der Waals surface area contributed by atoms with Crippen LogP contribution in [0.4, 0.5) is 19.0 Å². The summed E-state index contributed by atoms with van der Waals surface area (Å²) in [5.74, 6) is 0.324. The maximum atomic E-state index is 12.4. The number of aromatic nitrogens is 1. The van der Waals surface area contributed by atoms with Crippen molar-refractivity contribution in [1.29, 1.82) is 0 Å². The first-order valence-electron chi connectivity index (χ1n) is 5.41. The lowest BCUT2D eigenvalue weighted by Crippen LogP contribution is -2.26. The summed E-state index contributed by atoms with van der Waals surface area (Å²) in [6.45, 7) is 2.44. The van der Waals surface area contributed by atoms with E-state index < -0.39 is 11.7 Å². The third-order valence-electron chi connectivity index (χ3n) is 2.43. The van der Waals surface area contributed by atoms with Crippen molar-refractivity contribution in [1.82, 2.24) is 4.98 Å². The lowest BCUT2D eigenvalue weighted by Gasteiger charge is -2.21. The van der Waals surface area contributed by atoms with E-state index in [-0.39, 0.29) is 11.1 Å². The van der Waals surface area contributed by atoms with E-state index in [1.165, 1.54) is 0 Å². The van der Waals surface area contributed by atoms with Crippen molar-refractivity contribution in [2.24, 2.45) is 5.73 Å². The van der Waals surface area contributed by atoms with Crippen LogP contribution in [0.3, 0.4) is 0 Å². The van der Waals surface area contributed by atoms with Crippen molar-refractivity contribution in [2.75, 3.05) is 18.5 Å². The van der Waals surface area contributed by atoms with Crippen molar-refractivity contribution < 1.29 is 13.2 Å². The molecule has 0 saturated carbocycles. The van der Waals surface area contributed by atoms with E-state index in [1.54, 1.807) is 11.9 Å². The Morgan fingerprint density at radius 1 is 1.50 bits per heavy atom. The van der Waals surface area contributed by atoms with Gasteiger partial charge in [0.1, 0.15) is 5.82 Å². The first-order chi connectivity index (χ1) is 8.21. The molecule has 18 heavy (non-hydrogen) atoms. The number of pyridine rings is 1. The Bertz CT molecular complexity index is 407. The average Bonchev–Trinajstić information content (AvgIpc) is 2.24. The molecule has 1 aromatic rings. The molecule has 0 saturated heterocycles. The molecule has 1 heterocycles. The highest BCUT2D eigenvalue weighted by Crippen LogP contribution is 2.33. The molecule has 0 bridgehead atoms. The smallest absolute Gasteiger partial charge is 0.358 e. The van der Waals surface area contributed by atoms with E-state index in [2.05, 4.69) is 4.98 Å². The molecule has 0 aliphatic carbocycles. The van der Waals surface area contributed by atoms with Crippen LogP contribution in [0.2, 0.25) is 5.02 Å². The van der Waals surface area contributed by atoms with Crippen LogP contribution in [-0.4, -0.2) is 24.6 Å². The molecule has 3 nitrogen and oxygen atoms in total. The summed E-state index contributed by atoms with van der Waals surface area (Å²) in [5, 5.41) is -0.0167. The van der Waals surface area contributed by atoms with Crippen molar-refractivity contribution >= 4 is 17.4 Å². The van der Waals surface area contributed by atoms with Crippen LogP contribution in [0.15, 0.2) is 12.3 Å². The van der Waals surface area contributed by atoms with E-state index in [0.717, 1.165) is 12.3 Å². The summed E-state index contributed by atoms with van der Waals surface area (Å²) < 4.78 is 37.3. The molecular formula is C11H15ClF3N3. The Hall–Kier alpha value is -1.01. The van der Waals surface area contributed by atoms with Gasteiger partial charge in [-0.3, -0.25) is 0 Å². The van der Waals surface area contributed by atoms with E-state index in [1.807, 2.05) is 6.92 Å². The molecule has 0 aliphatic heterocycles. The zero-order chi connectivity index (χ0) is 13.9. The van der Waals surface area contributed by atoms with Crippen LogP contribution in [0.25, 0.3) is 0 Å². The fourth-order valence-corrected chi connectivity index (χ4v) is 1.68. The van der Waals surface area contributed by atoms with Crippen LogP contribution in [0, 0.1) is 0 Å². The molecule has 7 heteroatoms. The zero-order valence-corrected chi connectivity index (χ0v) is 10.9. The number of anilines is 1. The lowest BCUT2D eigenvalue weighted by molar-refractivity contribution is -0.137. The monoisotopic (exact) mass is 281 g/mol. The van der Waals surface area contributed by atoms with Gasteiger partial charge in [0.2, 0.25) is 0 Å². The van der Waals surface area contributed by atoms with Crippen LogP contribution < -0.4 is 10.6 Å². The number of hydrogen-bond acceptors (Lipinski definition) is 3. The van der Waals surface area contributed by atoms with Crippen molar-refractivity contribution in [2.45, 2.75) is 25.6 Å². The molecule has 102 valence electrons. The Kier molecular flexibility index (Phi) is 4.81. The van der Waals surface area contributed by atoms with E-state index >= 15 is 0 Å². The molecule has 0 aliphatic rings. The minimum atomic E-state index is -4.43. The van der Waals surface area contributed by atoms with E-state index in [9.17, 15) is 13.2 Å². The highest BCUT2D eigenvalue weighted by Gasteiger charge is 2.31. The van der Waals surface area contributed by atoms with Gasteiger partial charge in [-0.25, -0.2) is 4.98 Å². The molecule has 0 fully saturated rings. The predicted octanol–water partition coefficient (Wildman–Crippen LogP) is 2.93. The summed E-state index contributed by atoms with van der Waals surface area (Å²) >= 11 is 5.81. The Morgan fingerprint density at radius 2 is 2.11 bits per heavy atom. The quantitative estimate of drug-likeness (QED) is 0.923. The van der Waals surface area contributed by atoms with Gasteiger partial charge in [-0.2, -0.15) is 13.2 Å². The Balaban J connectivity index is 2.85. The SMILES string of the molecule is CC(N)CCN(C)c1ncc(C(F)(F)F)cc1Cl. The number of nitrogens with two attached hydrogens (primary N) is 1. The third-order valence-corrected chi connectivity index (χ3v) is 2.71. The minimum absolute atomic E-state index is 0.0145. The van der Waals surface area contributed by atoms with Gasteiger partial charge in [0.15, 0.2) is 0 Å². The number of alkyl halides is 3. The second-order valence-electron chi connectivity index (χ2n) is 4.21. The number of hydrogen-bond donors (Lipinski definition) is 1. The molecule has 1 atom stereocenters. The van der Waals surface area contributed by atoms with Crippen LogP contribution in [0.5, 0.6) is 0 Å². The third kappa shape index (κ3) is 4.03. The fourth-order valence-electron chi connectivity index (χ4n) is 1.37. The first kappa shape index (κ1) is 15.0. The average molecular weight is 282 g/mol. The van der Waals surface area contributed by atoms with Crippen LogP contribution >= 0.6 is 11.6 Å². The van der Waals surface area contributed by atoms with Gasteiger partial charge in [-0.05, 0) is 19.4 Å². The Morgan fingerprint density at radius 3 is 2.56 bits per heavy atom. The second kappa shape index (κ2) is 5.75.